The molecule has 0 atom stereocenters. The molecule has 0 aliphatic heterocycles. The van der Waals surface area contributed by atoms with E-state index in [0.717, 1.165) is 26.9 Å². The molecule has 4 rings (SSSR count). The molecule has 0 aliphatic carbocycles. The van der Waals surface area contributed by atoms with E-state index in [4.69, 9.17) is 28.2 Å². The zero-order chi connectivity index (χ0) is 21.5. The van der Waals surface area contributed by atoms with Crippen molar-refractivity contribution in [2.45, 2.75) is 10.1 Å². The van der Waals surface area contributed by atoms with Gasteiger partial charge < -0.3 is 0 Å². The average Bonchev–Trinajstić information content (AvgIpc) is 3.25. The molecule has 0 spiro atoms. The third kappa shape index (κ3) is 6.52. The standard InChI is InChI=1S/C24H17Cl2N3S2/c25-20-11-6-17(7-12-20)8-15-22(19-9-13-21(26)14-10-19)27-23-28-29-24(31-23)30-16-18-4-2-1-3-5-18/h1-15H,16H2/b15-8+,27-22+. The number of rotatable bonds is 7. The molecule has 0 saturated heterocycles. The Kier molecular flexibility index (Phi) is 7.54. The van der Waals surface area contributed by atoms with Crippen LogP contribution in [-0.4, -0.2) is 15.9 Å². The molecule has 0 radical (unpaired) electrons. The number of aromatic nitrogens is 2. The van der Waals surface area contributed by atoms with Crippen LogP contribution in [0.5, 0.6) is 0 Å². The van der Waals surface area contributed by atoms with Crippen LogP contribution in [0.25, 0.3) is 6.08 Å². The van der Waals surface area contributed by atoms with Gasteiger partial charge in [-0.25, -0.2) is 4.99 Å². The molecule has 0 N–H and O–H groups in total. The number of allylic oxidation sites excluding steroid dienone is 1. The van der Waals surface area contributed by atoms with Crippen LogP contribution in [0.1, 0.15) is 16.7 Å². The lowest BCUT2D eigenvalue weighted by Crippen LogP contribution is -1.96. The predicted octanol–water partition coefficient (Wildman–Crippen LogP) is 7.97. The molecule has 154 valence electrons. The number of aliphatic imine (C=N–C) groups is 1. The molecule has 0 saturated carbocycles. The van der Waals surface area contributed by atoms with Crippen LogP contribution in [0, 0.1) is 0 Å². The van der Waals surface area contributed by atoms with Crippen LogP contribution in [-0.2, 0) is 5.75 Å². The zero-order valence-corrected chi connectivity index (χ0v) is 19.4. The van der Waals surface area contributed by atoms with Crippen LogP contribution >= 0.6 is 46.3 Å². The monoisotopic (exact) mass is 481 g/mol. The number of benzene rings is 3. The molecule has 31 heavy (non-hydrogen) atoms. The molecule has 3 aromatic carbocycles. The summed E-state index contributed by atoms with van der Waals surface area (Å²) >= 11 is 15.2. The summed E-state index contributed by atoms with van der Waals surface area (Å²) in [5, 5.41) is 10.5. The van der Waals surface area contributed by atoms with Gasteiger partial charge >= 0.3 is 0 Å². The van der Waals surface area contributed by atoms with Gasteiger partial charge in [-0.2, -0.15) is 0 Å². The molecule has 7 heteroatoms. The zero-order valence-electron chi connectivity index (χ0n) is 16.3. The van der Waals surface area contributed by atoms with Crippen LogP contribution in [0.2, 0.25) is 10.0 Å². The fourth-order valence-electron chi connectivity index (χ4n) is 2.70. The molecule has 0 unspecified atom stereocenters. The molecule has 3 nitrogen and oxygen atoms in total. The summed E-state index contributed by atoms with van der Waals surface area (Å²) in [7, 11) is 0. The fraction of sp³-hybridized carbons (Fsp3) is 0.0417. The van der Waals surface area contributed by atoms with Gasteiger partial charge in [0.05, 0.1) is 5.71 Å². The summed E-state index contributed by atoms with van der Waals surface area (Å²) in [6.45, 7) is 0. The van der Waals surface area contributed by atoms with Gasteiger partial charge in [-0.1, -0.05) is 107 Å². The molecule has 0 amide bonds. The van der Waals surface area contributed by atoms with E-state index in [1.165, 1.54) is 16.9 Å². The molecule has 1 heterocycles. The van der Waals surface area contributed by atoms with Crippen molar-refractivity contribution in [3.63, 3.8) is 0 Å². The molecular formula is C24H17Cl2N3S2. The highest BCUT2D eigenvalue weighted by Gasteiger charge is 2.07. The van der Waals surface area contributed by atoms with Crippen LogP contribution in [0.15, 0.2) is 94.3 Å². The van der Waals surface area contributed by atoms with Crippen molar-refractivity contribution in [3.05, 3.63) is 112 Å². The first kappa shape index (κ1) is 21.8. The second kappa shape index (κ2) is 10.7. The Morgan fingerprint density at radius 3 is 2.26 bits per heavy atom. The van der Waals surface area contributed by atoms with E-state index in [9.17, 15) is 0 Å². The summed E-state index contributed by atoms with van der Waals surface area (Å²) in [6.07, 6.45) is 3.96. The summed E-state index contributed by atoms with van der Waals surface area (Å²) < 4.78 is 0.889. The van der Waals surface area contributed by atoms with Gasteiger partial charge in [0.15, 0.2) is 4.34 Å². The summed E-state index contributed by atoms with van der Waals surface area (Å²) in [5.74, 6) is 0.847. The van der Waals surface area contributed by atoms with E-state index < -0.39 is 0 Å². The van der Waals surface area contributed by atoms with Crippen molar-refractivity contribution in [2.75, 3.05) is 0 Å². The van der Waals surface area contributed by atoms with Crippen LogP contribution in [0.4, 0.5) is 5.13 Å². The van der Waals surface area contributed by atoms with Gasteiger partial charge in [0.2, 0.25) is 5.13 Å². The maximum Gasteiger partial charge on any atom is 0.232 e. The Morgan fingerprint density at radius 1 is 0.871 bits per heavy atom. The van der Waals surface area contributed by atoms with Crippen molar-refractivity contribution >= 4 is 63.2 Å². The molecule has 0 aliphatic rings. The summed E-state index contributed by atoms with van der Waals surface area (Å²) in [4.78, 5) is 4.76. The highest BCUT2D eigenvalue weighted by molar-refractivity contribution is 8.00. The lowest BCUT2D eigenvalue weighted by atomic mass is 10.1. The second-order valence-electron chi connectivity index (χ2n) is 6.51. The second-order valence-corrected chi connectivity index (χ2v) is 9.56. The van der Waals surface area contributed by atoms with E-state index in [0.29, 0.717) is 15.2 Å². The maximum atomic E-state index is 6.06. The Hall–Kier alpha value is -2.44. The minimum absolute atomic E-state index is 0.612. The average molecular weight is 482 g/mol. The third-order valence-corrected chi connectivity index (χ3v) is 6.79. The topological polar surface area (TPSA) is 38.1 Å². The minimum atomic E-state index is 0.612. The molecule has 0 fully saturated rings. The summed E-state index contributed by atoms with van der Waals surface area (Å²) in [5.41, 5.74) is 4.01. The van der Waals surface area contributed by atoms with Crippen LogP contribution in [0.3, 0.4) is 0 Å². The van der Waals surface area contributed by atoms with Crippen molar-refractivity contribution < 1.29 is 0 Å². The fourth-order valence-corrected chi connectivity index (χ4v) is 4.63. The van der Waals surface area contributed by atoms with E-state index in [2.05, 4.69) is 22.3 Å². The number of nitrogens with zero attached hydrogens (tertiary/aromatic N) is 3. The number of hydrogen-bond acceptors (Lipinski definition) is 5. The first-order chi connectivity index (χ1) is 15.2. The van der Waals surface area contributed by atoms with Crippen molar-refractivity contribution in [2.24, 2.45) is 4.99 Å². The Labute approximate surface area is 199 Å². The SMILES string of the molecule is Clc1ccc(/C=C/C(=N\c2nnc(SCc3ccccc3)s2)c2ccc(Cl)cc2)cc1. The first-order valence-electron chi connectivity index (χ1n) is 9.44. The Bertz CT molecular complexity index is 1190. The van der Waals surface area contributed by atoms with E-state index in [1.54, 1.807) is 11.8 Å². The number of halogens is 2. The largest absolute Gasteiger partial charge is 0.232 e. The van der Waals surface area contributed by atoms with E-state index in [-0.39, 0.29) is 0 Å². The van der Waals surface area contributed by atoms with E-state index >= 15 is 0 Å². The smallest absolute Gasteiger partial charge is 0.218 e. The number of thioether (sulfide) groups is 1. The lowest BCUT2D eigenvalue weighted by Gasteiger charge is -2.02. The van der Waals surface area contributed by atoms with Gasteiger partial charge in [0.25, 0.3) is 0 Å². The highest BCUT2D eigenvalue weighted by atomic mass is 35.5. The molecule has 1 aromatic heterocycles. The van der Waals surface area contributed by atoms with Gasteiger partial charge in [0, 0.05) is 21.4 Å². The van der Waals surface area contributed by atoms with E-state index in [1.807, 2.05) is 78.9 Å². The normalized spacial score (nSPS) is 11.9. The van der Waals surface area contributed by atoms with Crippen molar-refractivity contribution in [3.8, 4) is 0 Å². The number of hydrogen-bond donors (Lipinski definition) is 0. The predicted molar refractivity (Wildman–Crippen MR) is 134 cm³/mol. The maximum absolute atomic E-state index is 6.06. The first-order valence-corrected chi connectivity index (χ1v) is 12.0. The Morgan fingerprint density at radius 2 is 1.55 bits per heavy atom. The van der Waals surface area contributed by atoms with Crippen LogP contribution < -0.4 is 0 Å². The summed E-state index contributed by atoms with van der Waals surface area (Å²) in [6, 6.07) is 25.5. The van der Waals surface area contributed by atoms with Gasteiger partial charge in [-0.3, -0.25) is 0 Å². The van der Waals surface area contributed by atoms with Crippen molar-refractivity contribution in [1.29, 1.82) is 0 Å². The molecule has 4 aromatic rings. The molecular weight excluding hydrogens is 465 g/mol. The van der Waals surface area contributed by atoms with Gasteiger partial charge in [-0.05, 0) is 41.5 Å². The van der Waals surface area contributed by atoms with Gasteiger partial charge in [0.1, 0.15) is 0 Å². The van der Waals surface area contributed by atoms with Gasteiger partial charge in [-0.15, -0.1) is 10.2 Å². The quantitative estimate of drug-likeness (QED) is 0.198. The Balaban J connectivity index is 1.56. The highest BCUT2D eigenvalue weighted by Crippen LogP contribution is 2.30. The third-order valence-electron chi connectivity index (χ3n) is 4.26. The van der Waals surface area contributed by atoms with Crippen molar-refractivity contribution in [1.82, 2.24) is 10.2 Å². The minimum Gasteiger partial charge on any atom is -0.218 e. The molecule has 0 bridgehead atoms. The lowest BCUT2D eigenvalue weighted by molar-refractivity contribution is 1.01.